The summed E-state index contributed by atoms with van der Waals surface area (Å²) in [5.74, 6) is -6.31. The lowest BCUT2D eigenvalue weighted by Gasteiger charge is -2.30. The molecule has 0 radical (unpaired) electrons. The van der Waals surface area contributed by atoms with Crippen LogP contribution in [0.1, 0.15) is 33.1 Å². The molecule has 0 heterocycles. The topological polar surface area (TPSA) is 57.5 Å². The first kappa shape index (κ1) is 11.4. The Morgan fingerprint density at radius 1 is 1.36 bits per heavy atom. The minimum Gasteiger partial charge on any atom is -0.477 e. The Morgan fingerprint density at radius 2 is 1.86 bits per heavy atom. The summed E-state index contributed by atoms with van der Waals surface area (Å²) in [5, 5.41) is 17.9. The SMILES string of the molecule is CC1(C)CCC(O)(C(F)(F)C(=O)O)C1. The van der Waals surface area contributed by atoms with Gasteiger partial charge in [-0.3, -0.25) is 0 Å². The zero-order valence-electron chi connectivity index (χ0n) is 8.18. The minimum atomic E-state index is -4.05. The molecule has 0 aromatic rings. The normalized spacial score (nSPS) is 31.8. The number of aliphatic hydroxyl groups is 1. The van der Waals surface area contributed by atoms with Crippen LogP contribution in [0.25, 0.3) is 0 Å². The van der Waals surface area contributed by atoms with E-state index in [0.29, 0.717) is 6.42 Å². The summed E-state index contributed by atoms with van der Waals surface area (Å²) in [6.07, 6.45) is 0.0605. The Bertz CT molecular complexity index is 263. The summed E-state index contributed by atoms with van der Waals surface area (Å²) in [4.78, 5) is 10.3. The Hall–Kier alpha value is -0.710. The smallest absolute Gasteiger partial charge is 0.377 e. The quantitative estimate of drug-likeness (QED) is 0.725. The van der Waals surface area contributed by atoms with Crippen molar-refractivity contribution in [3.63, 3.8) is 0 Å². The van der Waals surface area contributed by atoms with E-state index >= 15 is 0 Å². The average molecular weight is 208 g/mol. The molecule has 1 aliphatic carbocycles. The lowest BCUT2D eigenvalue weighted by Crippen LogP contribution is -2.52. The van der Waals surface area contributed by atoms with Gasteiger partial charge in [0.15, 0.2) is 0 Å². The van der Waals surface area contributed by atoms with E-state index in [1.54, 1.807) is 13.8 Å². The highest BCUT2D eigenvalue weighted by Gasteiger charge is 2.62. The van der Waals surface area contributed by atoms with Gasteiger partial charge in [-0.1, -0.05) is 13.8 Å². The molecule has 2 N–H and O–H groups in total. The highest BCUT2D eigenvalue weighted by Crippen LogP contribution is 2.50. The molecule has 0 aromatic heterocycles. The second-order valence-corrected chi connectivity index (χ2v) is 4.75. The molecule has 1 saturated carbocycles. The Kier molecular flexibility index (Phi) is 2.34. The fraction of sp³-hybridized carbons (Fsp3) is 0.889. The predicted octanol–water partition coefficient (Wildman–Crippen LogP) is 1.65. The zero-order chi connectivity index (χ0) is 11.2. The summed E-state index contributed by atoms with van der Waals surface area (Å²) in [5.41, 5.74) is -2.81. The van der Waals surface area contributed by atoms with Crippen molar-refractivity contribution in [2.24, 2.45) is 5.41 Å². The van der Waals surface area contributed by atoms with E-state index in [-0.39, 0.29) is 12.8 Å². The van der Waals surface area contributed by atoms with E-state index in [0.717, 1.165) is 0 Å². The van der Waals surface area contributed by atoms with Gasteiger partial charge >= 0.3 is 11.9 Å². The van der Waals surface area contributed by atoms with Crippen molar-refractivity contribution >= 4 is 5.97 Å². The number of carbonyl (C=O) groups is 1. The first-order chi connectivity index (χ1) is 6.11. The van der Waals surface area contributed by atoms with Crippen molar-refractivity contribution in [1.29, 1.82) is 0 Å². The molecule has 1 atom stereocenters. The van der Waals surface area contributed by atoms with Gasteiger partial charge in [-0.15, -0.1) is 0 Å². The number of hydrogen-bond acceptors (Lipinski definition) is 2. The van der Waals surface area contributed by atoms with Crippen LogP contribution < -0.4 is 0 Å². The fourth-order valence-corrected chi connectivity index (χ4v) is 1.98. The molecule has 3 nitrogen and oxygen atoms in total. The van der Waals surface area contributed by atoms with E-state index in [4.69, 9.17) is 5.11 Å². The van der Waals surface area contributed by atoms with Crippen LogP contribution in [0, 0.1) is 5.41 Å². The van der Waals surface area contributed by atoms with Gasteiger partial charge < -0.3 is 10.2 Å². The molecule has 0 spiro atoms. The van der Waals surface area contributed by atoms with Crippen LogP contribution in [0.3, 0.4) is 0 Å². The third kappa shape index (κ3) is 1.61. The second kappa shape index (κ2) is 2.89. The number of aliphatic carboxylic acids is 1. The molecule has 0 aliphatic heterocycles. The lowest BCUT2D eigenvalue weighted by molar-refractivity contribution is -0.208. The molecule has 14 heavy (non-hydrogen) atoms. The minimum absolute atomic E-state index is 0.167. The summed E-state index contributed by atoms with van der Waals surface area (Å²) in [6, 6.07) is 0. The van der Waals surface area contributed by atoms with Gasteiger partial charge in [0.1, 0.15) is 5.60 Å². The molecule has 0 aromatic carbocycles. The number of carboxylic acid groups (broad SMARTS) is 1. The van der Waals surface area contributed by atoms with Gasteiger partial charge in [0.25, 0.3) is 0 Å². The summed E-state index contributed by atoms with van der Waals surface area (Å²) < 4.78 is 26.3. The largest absolute Gasteiger partial charge is 0.477 e. The molecule has 1 rings (SSSR count). The Morgan fingerprint density at radius 3 is 2.14 bits per heavy atom. The van der Waals surface area contributed by atoms with Gasteiger partial charge in [-0.2, -0.15) is 8.78 Å². The van der Waals surface area contributed by atoms with Crippen LogP contribution in [0.15, 0.2) is 0 Å². The standard InChI is InChI=1S/C9H14F2O3/c1-7(2)3-4-8(14,5-7)9(10,11)6(12)13/h14H,3-5H2,1-2H3,(H,12,13). The summed E-state index contributed by atoms with van der Waals surface area (Å²) in [6.45, 7) is 3.48. The number of rotatable bonds is 2. The van der Waals surface area contributed by atoms with Crippen molar-refractivity contribution < 1.29 is 23.8 Å². The van der Waals surface area contributed by atoms with Gasteiger partial charge in [0, 0.05) is 0 Å². The van der Waals surface area contributed by atoms with Crippen LogP contribution in [-0.4, -0.2) is 27.7 Å². The molecule has 0 saturated heterocycles. The second-order valence-electron chi connectivity index (χ2n) is 4.75. The maximum absolute atomic E-state index is 13.1. The first-order valence-electron chi connectivity index (χ1n) is 4.44. The van der Waals surface area contributed by atoms with Gasteiger partial charge in [-0.25, -0.2) is 4.79 Å². The van der Waals surface area contributed by atoms with Crippen molar-refractivity contribution in [2.45, 2.75) is 44.6 Å². The molecule has 5 heteroatoms. The van der Waals surface area contributed by atoms with Crippen LogP contribution in [0.2, 0.25) is 0 Å². The van der Waals surface area contributed by atoms with Gasteiger partial charge in [0.2, 0.25) is 0 Å². The van der Waals surface area contributed by atoms with Gasteiger partial charge in [0.05, 0.1) is 0 Å². The molecule has 1 unspecified atom stereocenters. The highest BCUT2D eigenvalue weighted by atomic mass is 19.3. The monoisotopic (exact) mass is 208 g/mol. The number of alkyl halides is 2. The predicted molar refractivity (Wildman–Crippen MR) is 45.2 cm³/mol. The maximum Gasteiger partial charge on any atom is 0.377 e. The van der Waals surface area contributed by atoms with E-state index in [2.05, 4.69) is 0 Å². The highest BCUT2D eigenvalue weighted by molar-refractivity contribution is 5.77. The van der Waals surface area contributed by atoms with Crippen LogP contribution >= 0.6 is 0 Å². The molecule has 1 aliphatic rings. The number of carboxylic acids is 1. The fourth-order valence-electron chi connectivity index (χ4n) is 1.98. The Labute approximate surface area is 80.7 Å². The summed E-state index contributed by atoms with van der Waals surface area (Å²) >= 11 is 0. The third-order valence-corrected chi connectivity index (χ3v) is 2.84. The number of hydrogen-bond donors (Lipinski definition) is 2. The van der Waals surface area contributed by atoms with Gasteiger partial charge in [-0.05, 0) is 24.7 Å². The molecule has 1 fully saturated rings. The lowest BCUT2D eigenvalue weighted by atomic mass is 9.86. The van der Waals surface area contributed by atoms with Crippen molar-refractivity contribution in [2.75, 3.05) is 0 Å². The van der Waals surface area contributed by atoms with E-state index in [1.165, 1.54) is 0 Å². The van der Waals surface area contributed by atoms with Crippen LogP contribution in [-0.2, 0) is 4.79 Å². The van der Waals surface area contributed by atoms with E-state index in [9.17, 15) is 18.7 Å². The molecule has 82 valence electrons. The molecular weight excluding hydrogens is 194 g/mol. The zero-order valence-corrected chi connectivity index (χ0v) is 8.18. The molecular formula is C9H14F2O3. The van der Waals surface area contributed by atoms with E-state index < -0.39 is 22.9 Å². The van der Waals surface area contributed by atoms with Crippen molar-refractivity contribution in [3.05, 3.63) is 0 Å². The van der Waals surface area contributed by atoms with Crippen LogP contribution in [0.4, 0.5) is 8.78 Å². The molecule has 0 amide bonds. The molecule has 0 bridgehead atoms. The first-order valence-corrected chi connectivity index (χ1v) is 4.44. The summed E-state index contributed by atoms with van der Waals surface area (Å²) in [7, 11) is 0. The third-order valence-electron chi connectivity index (χ3n) is 2.84. The average Bonchev–Trinajstić information content (AvgIpc) is 2.26. The number of halogens is 2. The maximum atomic E-state index is 13.1. The van der Waals surface area contributed by atoms with E-state index in [1.807, 2.05) is 0 Å². The Balaban J connectivity index is 2.93. The van der Waals surface area contributed by atoms with Crippen molar-refractivity contribution in [3.8, 4) is 0 Å². The van der Waals surface area contributed by atoms with Crippen molar-refractivity contribution in [1.82, 2.24) is 0 Å². The van der Waals surface area contributed by atoms with Crippen LogP contribution in [0.5, 0.6) is 0 Å².